The van der Waals surface area contributed by atoms with E-state index in [9.17, 15) is 4.79 Å². The number of rotatable bonds is 2. The van der Waals surface area contributed by atoms with Gasteiger partial charge in [0.05, 0.1) is 19.1 Å². The van der Waals surface area contributed by atoms with Gasteiger partial charge in [0.2, 0.25) is 5.91 Å². The number of benzene rings is 1. The Morgan fingerprint density at radius 2 is 2.13 bits per heavy atom. The summed E-state index contributed by atoms with van der Waals surface area (Å²) in [4.78, 5) is 16.3. The Bertz CT molecular complexity index is 709. The van der Waals surface area contributed by atoms with Gasteiger partial charge in [-0.3, -0.25) is 4.79 Å². The summed E-state index contributed by atoms with van der Waals surface area (Å²) >= 11 is 1.82. The van der Waals surface area contributed by atoms with Crippen molar-refractivity contribution in [3.05, 3.63) is 57.3 Å². The normalized spacial score (nSPS) is 20.5. The molecule has 120 valence electrons. The summed E-state index contributed by atoms with van der Waals surface area (Å²) in [6.07, 6.45) is 3.47. The molecule has 2 aromatic rings. The Labute approximate surface area is 140 Å². The highest BCUT2D eigenvalue weighted by Gasteiger charge is 2.26. The number of carbonyl (C=O) groups is 1. The molecule has 0 N–H and O–H groups in total. The summed E-state index contributed by atoms with van der Waals surface area (Å²) in [6, 6.07) is 10.5. The van der Waals surface area contributed by atoms with Crippen LogP contribution in [0.2, 0.25) is 0 Å². The second-order valence-corrected chi connectivity index (χ2v) is 7.30. The molecule has 0 radical (unpaired) electrons. The Morgan fingerprint density at radius 1 is 1.22 bits per heavy atom. The first-order chi connectivity index (χ1) is 11.3. The van der Waals surface area contributed by atoms with Gasteiger partial charge < -0.3 is 9.64 Å². The summed E-state index contributed by atoms with van der Waals surface area (Å²) < 4.78 is 5.91. The number of amides is 1. The van der Waals surface area contributed by atoms with Crippen molar-refractivity contribution in [3.63, 3.8) is 0 Å². The predicted octanol–water partition coefficient (Wildman–Crippen LogP) is 3.73. The van der Waals surface area contributed by atoms with Crippen molar-refractivity contribution in [2.24, 2.45) is 0 Å². The lowest BCUT2D eigenvalue weighted by Gasteiger charge is -2.28. The molecule has 2 aliphatic heterocycles. The Morgan fingerprint density at radius 3 is 3.09 bits per heavy atom. The molecule has 1 atom stereocenters. The molecule has 0 saturated heterocycles. The lowest BCUT2D eigenvalue weighted by atomic mass is 9.95. The van der Waals surface area contributed by atoms with Gasteiger partial charge in [-0.25, -0.2) is 0 Å². The molecule has 1 aromatic heterocycles. The highest BCUT2D eigenvalue weighted by atomic mass is 32.1. The zero-order valence-electron chi connectivity index (χ0n) is 13.2. The van der Waals surface area contributed by atoms with E-state index in [1.54, 1.807) is 0 Å². The molecule has 23 heavy (non-hydrogen) atoms. The first-order valence-electron chi connectivity index (χ1n) is 8.33. The van der Waals surface area contributed by atoms with Crippen molar-refractivity contribution in [1.29, 1.82) is 0 Å². The average molecular weight is 327 g/mol. The van der Waals surface area contributed by atoms with Gasteiger partial charge in [-0.2, -0.15) is 0 Å². The maximum absolute atomic E-state index is 12.8. The predicted molar refractivity (Wildman–Crippen MR) is 91.5 cm³/mol. The van der Waals surface area contributed by atoms with Crippen LogP contribution >= 0.6 is 11.3 Å². The van der Waals surface area contributed by atoms with E-state index >= 15 is 0 Å². The van der Waals surface area contributed by atoms with E-state index in [2.05, 4.69) is 29.6 Å². The third kappa shape index (κ3) is 3.06. The number of nitrogens with zero attached hydrogens (tertiary/aromatic N) is 1. The van der Waals surface area contributed by atoms with E-state index in [-0.39, 0.29) is 12.0 Å². The van der Waals surface area contributed by atoms with Crippen molar-refractivity contribution in [1.82, 2.24) is 4.90 Å². The van der Waals surface area contributed by atoms with Crippen LogP contribution in [0, 0.1) is 0 Å². The van der Waals surface area contributed by atoms with Crippen molar-refractivity contribution in [2.75, 3.05) is 13.2 Å². The van der Waals surface area contributed by atoms with Crippen molar-refractivity contribution in [3.8, 4) is 0 Å². The van der Waals surface area contributed by atoms with Gasteiger partial charge in [-0.1, -0.05) is 24.3 Å². The number of hydrogen-bond donors (Lipinski definition) is 0. The third-order valence-corrected chi connectivity index (χ3v) is 5.86. The second kappa shape index (κ2) is 6.46. The maximum atomic E-state index is 12.8. The van der Waals surface area contributed by atoms with E-state index in [4.69, 9.17) is 4.74 Å². The molecule has 4 heteroatoms. The fraction of sp³-hybridized carbons (Fsp3) is 0.421. The number of fused-ring (bicyclic) bond motifs is 2. The summed E-state index contributed by atoms with van der Waals surface area (Å²) in [6.45, 7) is 2.32. The summed E-state index contributed by atoms with van der Waals surface area (Å²) in [5.41, 5.74) is 3.84. The molecule has 0 unspecified atom stereocenters. The first-order valence-corrected chi connectivity index (χ1v) is 9.21. The van der Waals surface area contributed by atoms with E-state index < -0.39 is 0 Å². The number of thiophene rings is 1. The van der Waals surface area contributed by atoms with Crippen LogP contribution in [0.25, 0.3) is 0 Å². The van der Waals surface area contributed by atoms with Gasteiger partial charge in [0.1, 0.15) is 0 Å². The second-order valence-electron chi connectivity index (χ2n) is 6.30. The van der Waals surface area contributed by atoms with E-state index in [0.29, 0.717) is 13.0 Å². The minimum atomic E-state index is -0.0855. The molecule has 0 fully saturated rings. The zero-order valence-corrected chi connectivity index (χ0v) is 14.0. The van der Waals surface area contributed by atoms with Gasteiger partial charge in [-0.15, -0.1) is 11.3 Å². The summed E-state index contributed by atoms with van der Waals surface area (Å²) in [5, 5.41) is 2.14. The molecule has 0 bridgehead atoms. The van der Waals surface area contributed by atoms with Crippen LogP contribution < -0.4 is 0 Å². The molecule has 1 amide bonds. The summed E-state index contributed by atoms with van der Waals surface area (Å²) in [5.74, 6) is 0.214. The molecule has 2 aliphatic rings. The lowest BCUT2D eigenvalue weighted by Crippen LogP contribution is -2.33. The standard InChI is InChI=1S/C19H21NO2S/c21-19(20-9-3-6-18-15(13-20)8-11-23-18)12-17-16-5-2-1-4-14(16)7-10-22-17/h1-2,4-5,8,11,17H,3,6-7,9-10,12-13H2/t17-/m1/s1. The number of aryl methyl sites for hydroxylation is 1. The first kappa shape index (κ1) is 14.9. The van der Waals surface area contributed by atoms with Crippen LogP contribution in [-0.2, 0) is 28.9 Å². The number of hydrogen-bond acceptors (Lipinski definition) is 3. The van der Waals surface area contributed by atoms with Crippen LogP contribution in [0.1, 0.15) is 40.5 Å². The van der Waals surface area contributed by atoms with Crippen molar-refractivity contribution in [2.45, 2.75) is 38.3 Å². The minimum Gasteiger partial charge on any atom is -0.373 e. The Hall–Kier alpha value is -1.65. The smallest absolute Gasteiger partial charge is 0.225 e. The topological polar surface area (TPSA) is 29.5 Å². The minimum absolute atomic E-state index is 0.0855. The van der Waals surface area contributed by atoms with Crippen LogP contribution in [0.4, 0.5) is 0 Å². The molecular weight excluding hydrogens is 306 g/mol. The zero-order chi connectivity index (χ0) is 15.6. The Kier molecular flexibility index (Phi) is 4.19. The van der Waals surface area contributed by atoms with Crippen LogP contribution in [0.3, 0.4) is 0 Å². The molecule has 0 saturated carbocycles. The third-order valence-electron chi connectivity index (χ3n) is 4.84. The quantitative estimate of drug-likeness (QED) is 0.841. The fourth-order valence-electron chi connectivity index (χ4n) is 3.59. The maximum Gasteiger partial charge on any atom is 0.225 e. The largest absolute Gasteiger partial charge is 0.373 e. The van der Waals surface area contributed by atoms with Gasteiger partial charge in [0.25, 0.3) is 0 Å². The van der Waals surface area contributed by atoms with Gasteiger partial charge in [0, 0.05) is 18.0 Å². The number of ether oxygens (including phenoxy) is 1. The molecule has 1 aromatic carbocycles. The number of carbonyl (C=O) groups excluding carboxylic acids is 1. The van der Waals surface area contributed by atoms with Crippen LogP contribution in [0.15, 0.2) is 35.7 Å². The molecular formula is C19H21NO2S. The average Bonchev–Trinajstić information content (AvgIpc) is 2.92. The van der Waals surface area contributed by atoms with Gasteiger partial charge >= 0.3 is 0 Å². The highest BCUT2D eigenvalue weighted by molar-refractivity contribution is 7.10. The van der Waals surface area contributed by atoms with Gasteiger partial charge in [0.15, 0.2) is 0 Å². The lowest BCUT2D eigenvalue weighted by molar-refractivity contribution is -0.135. The Balaban J connectivity index is 1.48. The monoisotopic (exact) mass is 327 g/mol. The highest BCUT2D eigenvalue weighted by Crippen LogP contribution is 2.31. The molecule has 4 rings (SSSR count). The molecule has 3 nitrogen and oxygen atoms in total. The fourth-order valence-corrected chi connectivity index (χ4v) is 4.53. The SMILES string of the molecule is O=C(C[C@H]1OCCc2ccccc21)N1CCCc2sccc2C1. The summed E-state index contributed by atoms with van der Waals surface area (Å²) in [7, 11) is 0. The van der Waals surface area contributed by atoms with E-state index in [0.717, 1.165) is 32.4 Å². The molecule has 0 aliphatic carbocycles. The van der Waals surface area contributed by atoms with E-state index in [1.807, 2.05) is 22.3 Å². The van der Waals surface area contributed by atoms with Crippen LogP contribution in [0.5, 0.6) is 0 Å². The van der Waals surface area contributed by atoms with Crippen molar-refractivity contribution >= 4 is 17.2 Å². The van der Waals surface area contributed by atoms with Gasteiger partial charge in [-0.05, 0) is 47.4 Å². The van der Waals surface area contributed by atoms with E-state index in [1.165, 1.54) is 21.6 Å². The van der Waals surface area contributed by atoms with Crippen molar-refractivity contribution < 1.29 is 9.53 Å². The van der Waals surface area contributed by atoms with Crippen LogP contribution in [-0.4, -0.2) is 24.0 Å². The molecule has 3 heterocycles. The molecule has 0 spiro atoms.